The lowest BCUT2D eigenvalue weighted by Crippen LogP contribution is -2.37. The van der Waals surface area contributed by atoms with Gasteiger partial charge in [-0.05, 0) is 57.5 Å². The molecule has 1 aliphatic heterocycles. The second kappa shape index (κ2) is 12.4. The summed E-state index contributed by atoms with van der Waals surface area (Å²) in [6.45, 7) is 6.08. The molecule has 2 aromatic carbocycles. The van der Waals surface area contributed by atoms with Crippen molar-refractivity contribution >= 4 is 40.2 Å². The summed E-state index contributed by atoms with van der Waals surface area (Å²) in [7, 11) is 0. The molecule has 1 atom stereocenters. The number of piperidine rings is 1. The Kier molecular flexibility index (Phi) is 8.48. The Morgan fingerprint density at radius 2 is 2.20 bits per heavy atom. The van der Waals surface area contributed by atoms with E-state index in [0.29, 0.717) is 39.6 Å². The molecule has 0 radical (unpaired) electrons. The lowest BCUT2D eigenvalue weighted by molar-refractivity contribution is -0.111. The highest BCUT2D eigenvalue weighted by Crippen LogP contribution is 2.32. The van der Waals surface area contributed by atoms with Crippen LogP contribution in [-0.4, -0.2) is 44.5 Å². The van der Waals surface area contributed by atoms with Gasteiger partial charge in [0.1, 0.15) is 30.0 Å². The van der Waals surface area contributed by atoms with Crippen molar-refractivity contribution in [3.63, 3.8) is 0 Å². The largest absolute Gasteiger partial charge is 0.487 e. The quantitative estimate of drug-likeness (QED) is 0.240. The van der Waals surface area contributed by atoms with Gasteiger partial charge in [0.15, 0.2) is 5.82 Å². The van der Waals surface area contributed by atoms with E-state index in [0.717, 1.165) is 24.2 Å². The van der Waals surface area contributed by atoms with E-state index in [4.69, 9.17) is 16.3 Å². The highest BCUT2D eigenvalue weighted by molar-refractivity contribution is 6.32. The van der Waals surface area contributed by atoms with Gasteiger partial charge in [0, 0.05) is 41.5 Å². The summed E-state index contributed by atoms with van der Waals surface area (Å²) in [5, 5.41) is 10.9. The Bertz CT molecular complexity index is 1540. The van der Waals surface area contributed by atoms with Crippen LogP contribution >= 0.6 is 11.6 Å². The van der Waals surface area contributed by atoms with Gasteiger partial charge in [0.2, 0.25) is 5.91 Å². The molecule has 40 heavy (non-hydrogen) atoms. The van der Waals surface area contributed by atoms with Crippen LogP contribution in [0.2, 0.25) is 5.02 Å². The smallest absolute Gasteiger partial charge is 0.248 e. The number of nitrogens with one attached hydrogen (secondary N) is 2. The van der Waals surface area contributed by atoms with Gasteiger partial charge in [-0.15, -0.1) is 0 Å². The molecule has 1 amide bonds. The van der Waals surface area contributed by atoms with Crippen LogP contribution < -0.4 is 15.4 Å². The highest BCUT2D eigenvalue weighted by atomic mass is 35.5. The van der Waals surface area contributed by atoms with Crippen molar-refractivity contribution in [3.8, 4) is 5.75 Å². The Morgan fingerprint density at radius 3 is 3.00 bits per heavy atom. The third-order valence-electron chi connectivity index (χ3n) is 6.97. The summed E-state index contributed by atoms with van der Waals surface area (Å²) in [4.78, 5) is 19.4. The Morgan fingerprint density at radius 1 is 1.32 bits per heavy atom. The summed E-state index contributed by atoms with van der Waals surface area (Å²) in [5.41, 5.74) is 3.41. The number of fused-ring (bicyclic) bond motifs is 1. The highest BCUT2D eigenvalue weighted by Gasteiger charge is 2.17. The van der Waals surface area contributed by atoms with E-state index in [2.05, 4.69) is 44.7 Å². The number of aromatic nitrogens is 3. The van der Waals surface area contributed by atoms with Gasteiger partial charge in [-0.3, -0.25) is 9.69 Å². The average molecular weight is 561 g/mol. The van der Waals surface area contributed by atoms with Gasteiger partial charge in [0.05, 0.1) is 16.9 Å². The van der Waals surface area contributed by atoms with Gasteiger partial charge < -0.3 is 15.4 Å². The number of aryl methyl sites for hydroxylation is 1. The fourth-order valence-corrected chi connectivity index (χ4v) is 5.02. The molecule has 2 aromatic heterocycles. The molecule has 1 unspecified atom stereocenters. The molecular weight excluding hydrogens is 531 g/mol. The maximum atomic E-state index is 13.4. The first-order valence-electron chi connectivity index (χ1n) is 13.2. The van der Waals surface area contributed by atoms with Crippen molar-refractivity contribution in [3.05, 3.63) is 89.1 Å². The molecule has 1 saturated heterocycles. The normalized spacial score (nSPS) is 15.8. The van der Waals surface area contributed by atoms with Crippen LogP contribution in [0.25, 0.3) is 5.52 Å². The molecule has 1 fully saturated rings. The second-order valence-electron chi connectivity index (χ2n) is 9.83. The fourth-order valence-electron chi connectivity index (χ4n) is 4.78. The summed E-state index contributed by atoms with van der Waals surface area (Å²) in [6.07, 6.45) is 10.4. The molecule has 0 spiro atoms. The zero-order valence-electron chi connectivity index (χ0n) is 22.4. The number of carbonyl (C=O) groups excluding carboxylic acids is 1. The molecule has 0 aliphatic carbocycles. The number of carbonyl (C=O) groups is 1. The number of amides is 1. The first-order valence-corrected chi connectivity index (χ1v) is 13.6. The van der Waals surface area contributed by atoms with E-state index < -0.39 is 5.82 Å². The molecule has 0 saturated carbocycles. The molecule has 206 valence electrons. The van der Waals surface area contributed by atoms with E-state index in [1.807, 2.05) is 13.0 Å². The van der Waals surface area contributed by atoms with Crippen molar-refractivity contribution < 1.29 is 13.9 Å². The number of hydrogen-bond acceptors (Lipinski definition) is 6. The van der Waals surface area contributed by atoms with Crippen molar-refractivity contribution in [1.29, 1.82) is 0 Å². The SMILES string of the molecule is Cc1c(NC(=O)/C=C/CN2CCCCC2C)cn2ncnc(Nc3ccc(OCc4c#ccc(F)c4)c(Cl)c3)c12. The van der Waals surface area contributed by atoms with E-state index in [9.17, 15) is 9.18 Å². The molecule has 1 aliphatic rings. The van der Waals surface area contributed by atoms with E-state index in [-0.39, 0.29) is 12.5 Å². The third-order valence-corrected chi connectivity index (χ3v) is 7.26. The van der Waals surface area contributed by atoms with Crippen LogP contribution in [0, 0.1) is 24.9 Å². The van der Waals surface area contributed by atoms with Crippen molar-refractivity contribution in [1.82, 2.24) is 19.5 Å². The number of anilines is 3. The van der Waals surface area contributed by atoms with Crippen molar-refractivity contribution in [2.45, 2.75) is 45.8 Å². The van der Waals surface area contributed by atoms with Gasteiger partial charge in [0.25, 0.3) is 0 Å². The fraction of sp³-hybridized carbons (Fsp3) is 0.300. The minimum absolute atomic E-state index is 0.109. The van der Waals surface area contributed by atoms with Crippen LogP contribution in [-0.2, 0) is 11.4 Å². The van der Waals surface area contributed by atoms with E-state index in [1.54, 1.807) is 35.0 Å². The molecule has 8 nitrogen and oxygen atoms in total. The number of likely N-dealkylation sites (tertiary alicyclic amines) is 1. The lowest BCUT2D eigenvalue weighted by Gasteiger charge is -2.32. The first-order chi connectivity index (χ1) is 19.4. The van der Waals surface area contributed by atoms with Crippen LogP contribution in [0.15, 0.2) is 55.0 Å². The number of hydrogen-bond donors (Lipinski definition) is 2. The molecular formula is C30H30ClFN6O2. The van der Waals surface area contributed by atoms with Gasteiger partial charge in [-0.2, -0.15) is 5.10 Å². The van der Waals surface area contributed by atoms with E-state index >= 15 is 0 Å². The summed E-state index contributed by atoms with van der Waals surface area (Å²) >= 11 is 6.45. The van der Waals surface area contributed by atoms with Crippen LogP contribution in [0.5, 0.6) is 5.75 Å². The molecule has 2 N–H and O–H groups in total. The summed E-state index contributed by atoms with van der Waals surface area (Å²) < 4.78 is 20.8. The minimum Gasteiger partial charge on any atom is -0.487 e. The Hall–Kier alpha value is -4.13. The standard InChI is InChI=1S/C30H30ClFN6O2/c1-20-7-3-4-13-37(20)14-6-10-28(39)36-26-17-38-29(21(26)2)30(33-19-34-38)35-24-11-12-27(25(31)16-24)40-18-22-8-5-9-23(32)15-22/h6,9-12,15-17,19-20H,3-4,7,13-14,18H2,1-2H3,(H,36,39)(H,33,34,35)/b10-6+. The maximum absolute atomic E-state index is 13.4. The number of ether oxygens (including phenoxy) is 1. The Labute approximate surface area is 237 Å². The number of halogens is 2. The third kappa shape index (κ3) is 6.53. The molecule has 3 heterocycles. The topological polar surface area (TPSA) is 83.8 Å². The number of nitrogens with zero attached hydrogens (tertiary/aromatic N) is 4. The van der Waals surface area contributed by atoms with E-state index in [1.165, 1.54) is 37.7 Å². The summed E-state index contributed by atoms with van der Waals surface area (Å²) in [5.74, 6) is 0.408. The average Bonchev–Trinajstić information content (AvgIpc) is 3.25. The van der Waals surface area contributed by atoms with Crippen molar-refractivity contribution in [2.75, 3.05) is 23.7 Å². The monoisotopic (exact) mass is 560 g/mol. The Balaban J connectivity index is 1.25. The van der Waals surface area contributed by atoms with Gasteiger partial charge >= 0.3 is 0 Å². The second-order valence-corrected chi connectivity index (χ2v) is 10.2. The zero-order chi connectivity index (χ0) is 28.1. The van der Waals surface area contributed by atoms with Gasteiger partial charge in [-0.25, -0.2) is 13.9 Å². The molecule has 10 heteroatoms. The summed E-state index contributed by atoms with van der Waals surface area (Å²) in [6, 6.07) is 13.7. The predicted octanol–water partition coefficient (Wildman–Crippen LogP) is 6.12. The van der Waals surface area contributed by atoms with Gasteiger partial charge in [-0.1, -0.05) is 36.2 Å². The zero-order valence-corrected chi connectivity index (χ0v) is 23.1. The predicted molar refractivity (Wildman–Crippen MR) is 154 cm³/mol. The first kappa shape index (κ1) is 27.4. The van der Waals surface area contributed by atoms with Crippen LogP contribution in [0.3, 0.4) is 0 Å². The maximum Gasteiger partial charge on any atom is 0.248 e. The minimum atomic E-state index is -0.401. The number of rotatable bonds is 9. The van der Waals surface area contributed by atoms with Crippen LogP contribution in [0.4, 0.5) is 21.6 Å². The van der Waals surface area contributed by atoms with Crippen LogP contribution in [0.1, 0.15) is 37.3 Å². The molecule has 0 bridgehead atoms. The lowest BCUT2D eigenvalue weighted by atomic mass is 10.0. The number of benzene rings is 1. The van der Waals surface area contributed by atoms with Crippen molar-refractivity contribution in [2.24, 2.45) is 0 Å². The molecule has 5 rings (SSSR count). The molecule has 4 aromatic rings.